The molecule has 26 heavy (non-hydrogen) atoms. The maximum absolute atomic E-state index is 12.6. The third kappa shape index (κ3) is 3.21. The van der Waals surface area contributed by atoms with Crippen LogP contribution in [-0.4, -0.2) is 39.3 Å². The van der Waals surface area contributed by atoms with E-state index >= 15 is 0 Å². The molecule has 0 radical (unpaired) electrons. The monoisotopic (exact) mass is 351 g/mol. The van der Waals surface area contributed by atoms with Crippen molar-refractivity contribution in [1.29, 1.82) is 0 Å². The van der Waals surface area contributed by atoms with Crippen LogP contribution >= 0.6 is 0 Å². The molecule has 1 heterocycles. The summed E-state index contributed by atoms with van der Waals surface area (Å²) in [6.07, 6.45) is -0.290. The van der Waals surface area contributed by atoms with Gasteiger partial charge in [-0.2, -0.15) is 0 Å². The van der Waals surface area contributed by atoms with Gasteiger partial charge >= 0.3 is 5.97 Å². The second kappa shape index (κ2) is 7.23. The van der Waals surface area contributed by atoms with Gasteiger partial charge in [0.25, 0.3) is 11.7 Å². The minimum absolute atomic E-state index is 0.0298. The molecule has 0 spiro atoms. The molecular formula is C20H17NO5. The zero-order valence-electron chi connectivity index (χ0n) is 13.8. The zero-order valence-corrected chi connectivity index (χ0v) is 13.8. The van der Waals surface area contributed by atoms with Gasteiger partial charge in [0.1, 0.15) is 5.76 Å². The van der Waals surface area contributed by atoms with Gasteiger partial charge in [0.15, 0.2) is 0 Å². The molecule has 1 aliphatic rings. The number of carboxylic acids is 1. The van der Waals surface area contributed by atoms with E-state index in [0.29, 0.717) is 11.1 Å². The first-order chi connectivity index (χ1) is 12.5. The number of Topliss-reactive ketones (excluding diaryl/α,β-unsaturated/α-hetero) is 1. The molecule has 0 aliphatic carbocycles. The third-order valence-corrected chi connectivity index (χ3v) is 4.27. The highest BCUT2D eigenvalue weighted by Crippen LogP contribution is 2.39. The summed E-state index contributed by atoms with van der Waals surface area (Å²) in [5.41, 5.74) is 1.03. The molecule has 0 saturated carbocycles. The van der Waals surface area contributed by atoms with Gasteiger partial charge in [-0.1, -0.05) is 60.7 Å². The maximum atomic E-state index is 12.6. The fourth-order valence-corrected chi connectivity index (χ4v) is 3.06. The third-order valence-electron chi connectivity index (χ3n) is 4.27. The van der Waals surface area contributed by atoms with Crippen LogP contribution in [0.4, 0.5) is 0 Å². The molecule has 1 saturated heterocycles. The number of aliphatic carboxylic acids is 1. The summed E-state index contributed by atoms with van der Waals surface area (Å²) in [4.78, 5) is 37.2. The molecule has 1 atom stereocenters. The Labute approximate surface area is 150 Å². The number of aliphatic hydroxyl groups is 1. The largest absolute Gasteiger partial charge is 0.507 e. The first kappa shape index (κ1) is 17.4. The first-order valence-electron chi connectivity index (χ1n) is 8.11. The second-order valence-electron chi connectivity index (χ2n) is 5.91. The van der Waals surface area contributed by atoms with Crippen LogP contribution in [0, 0.1) is 0 Å². The van der Waals surface area contributed by atoms with E-state index in [-0.39, 0.29) is 24.3 Å². The van der Waals surface area contributed by atoms with Crippen LogP contribution in [0.25, 0.3) is 5.76 Å². The number of aliphatic hydroxyl groups excluding tert-OH is 1. The number of carbonyl (C=O) groups is 3. The van der Waals surface area contributed by atoms with Crippen LogP contribution in [0.3, 0.4) is 0 Å². The van der Waals surface area contributed by atoms with Crippen molar-refractivity contribution >= 4 is 23.4 Å². The number of likely N-dealkylation sites (tertiary alicyclic amines) is 1. The van der Waals surface area contributed by atoms with E-state index in [1.165, 1.54) is 4.90 Å². The number of carboxylic acid groups (broad SMARTS) is 1. The first-order valence-corrected chi connectivity index (χ1v) is 8.11. The van der Waals surface area contributed by atoms with Crippen molar-refractivity contribution in [2.75, 3.05) is 6.54 Å². The Morgan fingerprint density at radius 1 is 0.923 bits per heavy atom. The van der Waals surface area contributed by atoms with Gasteiger partial charge in [-0.3, -0.25) is 14.4 Å². The number of rotatable bonds is 5. The molecule has 0 aromatic heterocycles. The van der Waals surface area contributed by atoms with Crippen molar-refractivity contribution in [3.63, 3.8) is 0 Å². The van der Waals surface area contributed by atoms with Crippen LogP contribution in [0.1, 0.15) is 23.6 Å². The molecule has 1 amide bonds. The molecule has 1 aliphatic heterocycles. The lowest BCUT2D eigenvalue weighted by Crippen LogP contribution is -2.31. The normalized spacial score (nSPS) is 18.9. The van der Waals surface area contributed by atoms with E-state index < -0.39 is 23.7 Å². The molecule has 1 unspecified atom stereocenters. The minimum atomic E-state index is -1.07. The molecule has 2 N–H and O–H groups in total. The summed E-state index contributed by atoms with van der Waals surface area (Å²) in [6.45, 7) is -0.120. The number of carbonyl (C=O) groups excluding carboxylic acids is 2. The second-order valence-corrected chi connectivity index (χ2v) is 5.91. The predicted octanol–water partition coefficient (Wildman–Crippen LogP) is 2.58. The minimum Gasteiger partial charge on any atom is -0.507 e. The fraction of sp³-hybridized carbons (Fsp3) is 0.150. The number of nitrogens with zero attached hydrogens (tertiary/aromatic N) is 1. The number of hydrogen-bond acceptors (Lipinski definition) is 4. The van der Waals surface area contributed by atoms with Gasteiger partial charge in [0.05, 0.1) is 18.0 Å². The lowest BCUT2D eigenvalue weighted by Gasteiger charge is -2.24. The van der Waals surface area contributed by atoms with Gasteiger partial charge in [0, 0.05) is 12.1 Å². The van der Waals surface area contributed by atoms with Crippen molar-refractivity contribution in [2.45, 2.75) is 12.5 Å². The van der Waals surface area contributed by atoms with E-state index in [1.807, 2.05) is 0 Å². The van der Waals surface area contributed by atoms with Gasteiger partial charge in [0.2, 0.25) is 0 Å². The lowest BCUT2D eigenvalue weighted by molar-refractivity contribution is -0.142. The number of ketones is 1. The Morgan fingerprint density at radius 3 is 2.08 bits per heavy atom. The van der Waals surface area contributed by atoms with E-state index in [4.69, 9.17) is 5.11 Å². The molecular weight excluding hydrogens is 334 g/mol. The number of benzene rings is 2. The highest BCUT2D eigenvalue weighted by atomic mass is 16.4. The Balaban J connectivity index is 2.13. The standard InChI is InChI=1S/C20H17NO5/c22-15(23)11-12-21-17(13-7-3-1-4-8-13)16(19(25)20(21)26)18(24)14-9-5-2-6-10-14/h1-10,17,24H,11-12H2,(H,22,23)/b18-16-. The topological polar surface area (TPSA) is 94.9 Å². The van der Waals surface area contributed by atoms with Crippen LogP contribution in [-0.2, 0) is 14.4 Å². The Kier molecular flexibility index (Phi) is 4.84. The highest BCUT2D eigenvalue weighted by molar-refractivity contribution is 6.46. The van der Waals surface area contributed by atoms with Gasteiger partial charge in [-0.25, -0.2) is 0 Å². The number of hydrogen-bond donors (Lipinski definition) is 2. The molecule has 1 fully saturated rings. The zero-order chi connectivity index (χ0) is 18.7. The van der Waals surface area contributed by atoms with E-state index in [1.54, 1.807) is 60.7 Å². The quantitative estimate of drug-likeness (QED) is 0.490. The van der Waals surface area contributed by atoms with Crippen molar-refractivity contribution in [2.24, 2.45) is 0 Å². The summed E-state index contributed by atoms with van der Waals surface area (Å²) < 4.78 is 0. The van der Waals surface area contributed by atoms with Gasteiger partial charge in [-0.15, -0.1) is 0 Å². The highest BCUT2D eigenvalue weighted by Gasteiger charge is 2.45. The molecule has 3 rings (SSSR count). The average Bonchev–Trinajstić information content (AvgIpc) is 2.91. The Hall–Kier alpha value is -3.41. The van der Waals surface area contributed by atoms with E-state index in [2.05, 4.69) is 0 Å². The summed E-state index contributed by atoms with van der Waals surface area (Å²) in [5.74, 6) is -2.96. The maximum Gasteiger partial charge on any atom is 0.305 e. The number of amides is 1. The van der Waals surface area contributed by atoms with Gasteiger partial charge < -0.3 is 15.1 Å². The molecule has 6 nitrogen and oxygen atoms in total. The van der Waals surface area contributed by atoms with Gasteiger partial charge in [-0.05, 0) is 5.56 Å². The van der Waals surface area contributed by atoms with Crippen molar-refractivity contribution in [3.8, 4) is 0 Å². The summed E-state index contributed by atoms with van der Waals surface area (Å²) in [6, 6.07) is 16.5. The van der Waals surface area contributed by atoms with Crippen LogP contribution in [0.2, 0.25) is 0 Å². The SMILES string of the molecule is O=C(O)CCN1C(=O)C(=O)/C(=C(\O)c2ccccc2)C1c1ccccc1. The molecule has 2 aromatic carbocycles. The predicted molar refractivity (Wildman–Crippen MR) is 94.1 cm³/mol. The summed E-state index contributed by atoms with van der Waals surface area (Å²) in [7, 11) is 0. The van der Waals surface area contributed by atoms with Crippen molar-refractivity contribution < 1.29 is 24.6 Å². The van der Waals surface area contributed by atoms with E-state index in [0.717, 1.165) is 0 Å². The Morgan fingerprint density at radius 2 is 1.50 bits per heavy atom. The average molecular weight is 351 g/mol. The van der Waals surface area contributed by atoms with E-state index in [9.17, 15) is 19.5 Å². The smallest absolute Gasteiger partial charge is 0.305 e. The summed E-state index contributed by atoms with van der Waals surface area (Å²) >= 11 is 0. The van der Waals surface area contributed by atoms with Crippen molar-refractivity contribution in [3.05, 3.63) is 77.4 Å². The van der Waals surface area contributed by atoms with Crippen LogP contribution < -0.4 is 0 Å². The summed E-state index contributed by atoms with van der Waals surface area (Å²) in [5, 5.41) is 19.7. The lowest BCUT2D eigenvalue weighted by atomic mass is 9.95. The van der Waals surface area contributed by atoms with Crippen LogP contribution in [0.15, 0.2) is 66.2 Å². The molecule has 2 aromatic rings. The van der Waals surface area contributed by atoms with Crippen LogP contribution in [0.5, 0.6) is 0 Å². The van der Waals surface area contributed by atoms with Crippen molar-refractivity contribution in [1.82, 2.24) is 4.90 Å². The molecule has 0 bridgehead atoms. The fourth-order valence-electron chi connectivity index (χ4n) is 3.06. The molecule has 132 valence electrons. The Bertz CT molecular complexity index is 874. The molecule has 6 heteroatoms.